The highest BCUT2D eigenvalue weighted by molar-refractivity contribution is 7.89. The molecule has 1 amide bonds. The van der Waals surface area contributed by atoms with Crippen molar-refractivity contribution in [1.29, 1.82) is 0 Å². The Labute approximate surface area is 126 Å². The second-order valence-corrected chi connectivity index (χ2v) is 7.23. The molecule has 122 valence electrons. The molecule has 0 radical (unpaired) electrons. The van der Waals surface area contributed by atoms with Gasteiger partial charge in [-0.3, -0.25) is 9.59 Å². The van der Waals surface area contributed by atoms with Crippen molar-refractivity contribution in [3.05, 3.63) is 0 Å². The van der Waals surface area contributed by atoms with Gasteiger partial charge in [-0.1, -0.05) is 13.3 Å². The highest BCUT2D eigenvalue weighted by atomic mass is 32.2. The summed E-state index contributed by atoms with van der Waals surface area (Å²) in [5.41, 5.74) is 0. The first kappa shape index (κ1) is 17.9. The summed E-state index contributed by atoms with van der Waals surface area (Å²) in [7, 11) is -3.45. The second-order valence-electron chi connectivity index (χ2n) is 5.18. The average Bonchev–Trinajstić information content (AvgIpc) is 2.91. The van der Waals surface area contributed by atoms with Crippen LogP contribution < -0.4 is 0 Å². The first-order valence-electron chi connectivity index (χ1n) is 7.33. The quantitative estimate of drug-likeness (QED) is 0.703. The molecule has 1 saturated heterocycles. The van der Waals surface area contributed by atoms with Crippen molar-refractivity contribution in [2.75, 3.05) is 25.4 Å². The van der Waals surface area contributed by atoms with E-state index in [2.05, 4.69) is 0 Å². The number of carbonyl (C=O) groups is 2. The van der Waals surface area contributed by atoms with Crippen LogP contribution in [0.25, 0.3) is 0 Å². The molecule has 1 atom stereocenters. The maximum atomic E-state index is 12.4. The van der Waals surface area contributed by atoms with Gasteiger partial charge < -0.3 is 10.0 Å². The summed E-state index contributed by atoms with van der Waals surface area (Å²) in [6.07, 6.45) is 2.42. The zero-order valence-corrected chi connectivity index (χ0v) is 13.4. The lowest BCUT2D eigenvalue weighted by atomic mass is 10.2. The summed E-state index contributed by atoms with van der Waals surface area (Å²) >= 11 is 0. The van der Waals surface area contributed by atoms with Crippen molar-refractivity contribution >= 4 is 21.9 Å². The highest BCUT2D eigenvalue weighted by Crippen LogP contribution is 2.23. The molecular weight excluding hydrogens is 296 g/mol. The number of likely N-dealkylation sites (N-methyl/N-ethyl adjacent to an activating group) is 1. The standard InChI is InChI=1S/C13H24N2O5S/c1-3-5-9-21(19,20)15-8-6-7-11(15)13(18)14(4-2)10-12(16)17/h11H,3-10H2,1-2H3,(H,16,17). The predicted octanol–water partition coefficient (Wildman–Crippen LogP) is 0.514. The molecule has 0 aromatic heterocycles. The molecule has 0 aliphatic carbocycles. The number of rotatable bonds is 8. The number of aliphatic carboxylic acids is 1. The minimum Gasteiger partial charge on any atom is -0.480 e. The third kappa shape index (κ3) is 4.67. The lowest BCUT2D eigenvalue weighted by Gasteiger charge is -2.28. The Hall–Kier alpha value is -1.15. The molecule has 1 heterocycles. The third-order valence-corrected chi connectivity index (χ3v) is 5.58. The summed E-state index contributed by atoms with van der Waals surface area (Å²) in [6.45, 7) is 3.80. The molecule has 21 heavy (non-hydrogen) atoms. The number of amides is 1. The van der Waals surface area contributed by atoms with E-state index in [1.54, 1.807) is 6.92 Å². The molecule has 0 saturated carbocycles. The van der Waals surface area contributed by atoms with Crippen LogP contribution in [-0.2, 0) is 19.6 Å². The minimum atomic E-state index is -3.45. The topological polar surface area (TPSA) is 95.0 Å². The maximum Gasteiger partial charge on any atom is 0.323 e. The molecule has 0 aromatic carbocycles. The van der Waals surface area contributed by atoms with Gasteiger partial charge >= 0.3 is 5.97 Å². The van der Waals surface area contributed by atoms with Crippen LogP contribution in [0.15, 0.2) is 0 Å². The van der Waals surface area contributed by atoms with Gasteiger partial charge in [0.25, 0.3) is 0 Å². The van der Waals surface area contributed by atoms with E-state index in [4.69, 9.17) is 5.11 Å². The van der Waals surface area contributed by atoms with E-state index in [-0.39, 0.29) is 12.3 Å². The fourth-order valence-corrected chi connectivity index (χ4v) is 4.36. The van der Waals surface area contributed by atoms with Crippen LogP contribution in [0.3, 0.4) is 0 Å². The third-order valence-electron chi connectivity index (χ3n) is 3.62. The van der Waals surface area contributed by atoms with E-state index < -0.39 is 34.5 Å². The number of carboxylic acid groups (broad SMARTS) is 1. The fraction of sp³-hybridized carbons (Fsp3) is 0.846. The van der Waals surface area contributed by atoms with Crippen LogP contribution in [0.4, 0.5) is 0 Å². The van der Waals surface area contributed by atoms with Gasteiger partial charge in [-0.25, -0.2) is 8.42 Å². The number of sulfonamides is 1. The molecule has 1 aliphatic heterocycles. The molecule has 0 spiro atoms. The summed E-state index contributed by atoms with van der Waals surface area (Å²) in [6, 6.07) is -0.744. The number of unbranched alkanes of at least 4 members (excludes halogenated alkanes) is 1. The van der Waals surface area contributed by atoms with Crippen LogP contribution >= 0.6 is 0 Å². The molecule has 8 heteroatoms. The zero-order chi connectivity index (χ0) is 16.0. The van der Waals surface area contributed by atoms with E-state index in [1.165, 1.54) is 9.21 Å². The van der Waals surface area contributed by atoms with Gasteiger partial charge in [0.05, 0.1) is 5.75 Å². The van der Waals surface area contributed by atoms with E-state index >= 15 is 0 Å². The van der Waals surface area contributed by atoms with Crippen LogP contribution in [0, 0.1) is 0 Å². The average molecular weight is 320 g/mol. The Morgan fingerprint density at radius 2 is 2.00 bits per heavy atom. The Morgan fingerprint density at radius 1 is 1.33 bits per heavy atom. The van der Waals surface area contributed by atoms with Crippen molar-refractivity contribution in [3.8, 4) is 0 Å². The Balaban J connectivity index is 2.85. The van der Waals surface area contributed by atoms with E-state index in [0.717, 1.165) is 6.42 Å². The van der Waals surface area contributed by atoms with Crippen LogP contribution in [0.1, 0.15) is 39.5 Å². The first-order valence-corrected chi connectivity index (χ1v) is 8.94. The van der Waals surface area contributed by atoms with Crippen LogP contribution in [0.5, 0.6) is 0 Å². The Bertz CT molecular complexity index is 477. The molecule has 1 unspecified atom stereocenters. The zero-order valence-electron chi connectivity index (χ0n) is 12.6. The van der Waals surface area contributed by atoms with Gasteiger partial charge in [0.15, 0.2) is 0 Å². The van der Waals surface area contributed by atoms with Crippen molar-refractivity contribution in [2.45, 2.75) is 45.6 Å². The van der Waals surface area contributed by atoms with E-state index in [1.807, 2.05) is 6.92 Å². The normalized spacial score (nSPS) is 19.6. The van der Waals surface area contributed by atoms with Gasteiger partial charge in [-0.2, -0.15) is 4.31 Å². The van der Waals surface area contributed by atoms with Crippen molar-refractivity contribution in [2.24, 2.45) is 0 Å². The molecule has 1 rings (SSSR count). The SMILES string of the molecule is CCCCS(=O)(=O)N1CCCC1C(=O)N(CC)CC(=O)O. The molecule has 1 aliphatic rings. The number of hydrogen-bond acceptors (Lipinski definition) is 4. The lowest BCUT2D eigenvalue weighted by Crippen LogP contribution is -2.49. The summed E-state index contributed by atoms with van der Waals surface area (Å²) in [5, 5.41) is 8.82. The lowest BCUT2D eigenvalue weighted by molar-refractivity contribution is -0.145. The minimum absolute atomic E-state index is 0.0400. The molecule has 0 bridgehead atoms. The van der Waals surface area contributed by atoms with Crippen molar-refractivity contribution in [3.63, 3.8) is 0 Å². The summed E-state index contributed by atoms with van der Waals surface area (Å²) in [5.74, 6) is -1.46. The Morgan fingerprint density at radius 3 is 2.52 bits per heavy atom. The fourth-order valence-electron chi connectivity index (χ4n) is 2.48. The van der Waals surface area contributed by atoms with E-state index in [0.29, 0.717) is 25.8 Å². The second kappa shape index (κ2) is 7.74. The van der Waals surface area contributed by atoms with Gasteiger partial charge in [-0.15, -0.1) is 0 Å². The number of carbonyl (C=O) groups excluding carboxylic acids is 1. The van der Waals surface area contributed by atoms with Crippen LogP contribution in [-0.4, -0.2) is 66.0 Å². The van der Waals surface area contributed by atoms with Crippen LogP contribution in [0.2, 0.25) is 0 Å². The van der Waals surface area contributed by atoms with Gasteiger partial charge in [-0.05, 0) is 26.2 Å². The molecular formula is C13H24N2O5S. The Kier molecular flexibility index (Phi) is 6.60. The van der Waals surface area contributed by atoms with Gasteiger partial charge in [0.2, 0.25) is 15.9 Å². The van der Waals surface area contributed by atoms with Crippen molar-refractivity contribution < 1.29 is 23.1 Å². The maximum absolute atomic E-state index is 12.4. The molecule has 7 nitrogen and oxygen atoms in total. The highest BCUT2D eigenvalue weighted by Gasteiger charge is 2.40. The smallest absolute Gasteiger partial charge is 0.323 e. The van der Waals surface area contributed by atoms with Gasteiger partial charge in [0, 0.05) is 13.1 Å². The van der Waals surface area contributed by atoms with Gasteiger partial charge in [0.1, 0.15) is 12.6 Å². The molecule has 0 aromatic rings. The molecule has 1 N–H and O–H groups in total. The summed E-state index contributed by atoms with van der Waals surface area (Å²) in [4.78, 5) is 24.4. The number of nitrogens with zero attached hydrogens (tertiary/aromatic N) is 2. The van der Waals surface area contributed by atoms with E-state index in [9.17, 15) is 18.0 Å². The number of carboxylic acids is 1. The molecule has 1 fully saturated rings. The summed E-state index contributed by atoms with van der Waals surface area (Å²) < 4.78 is 25.8. The monoisotopic (exact) mass is 320 g/mol. The first-order chi connectivity index (χ1) is 9.83. The predicted molar refractivity (Wildman–Crippen MR) is 78.3 cm³/mol. The number of hydrogen-bond donors (Lipinski definition) is 1. The van der Waals surface area contributed by atoms with Crippen molar-refractivity contribution in [1.82, 2.24) is 9.21 Å². The largest absolute Gasteiger partial charge is 0.480 e.